The highest BCUT2D eigenvalue weighted by Gasteiger charge is 2.67. The zero-order chi connectivity index (χ0) is 21.8. The number of carbonyl (C=O) groups is 2. The van der Waals surface area contributed by atoms with Gasteiger partial charge in [0.15, 0.2) is 0 Å². The number of fused-ring (bicyclic) bond motifs is 2. The van der Waals surface area contributed by atoms with E-state index in [2.05, 4.69) is 0 Å². The number of anilines is 1. The molecule has 2 atom stereocenters. The van der Waals surface area contributed by atoms with Gasteiger partial charge in [-0.15, -0.1) is 0 Å². The first-order chi connectivity index (χ1) is 14.9. The molecule has 4 nitrogen and oxygen atoms in total. The fraction of sp³-hybridized carbons (Fsp3) is 0.200. The van der Waals surface area contributed by atoms with Crippen molar-refractivity contribution in [1.82, 2.24) is 0 Å². The van der Waals surface area contributed by atoms with Crippen molar-refractivity contribution >= 4 is 17.6 Å². The maximum atomic E-state index is 13.7. The predicted octanol–water partition coefficient (Wildman–Crippen LogP) is 4.72. The van der Waals surface area contributed by atoms with E-state index in [-0.39, 0.29) is 30.0 Å². The van der Waals surface area contributed by atoms with Gasteiger partial charge in [0.25, 0.3) is 0 Å². The monoisotopic (exact) mass is 419 g/mol. The van der Waals surface area contributed by atoms with E-state index in [0.717, 1.165) is 11.1 Å². The van der Waals surface area contributed by atoms with E-state index in [4.69, 9.17) is 4.74 Å². The van der Waals surface area contributed by atoms with Crippen LogP contribution in [0.3, 0.4) is 0 Å². The maximum Gasteiger partial charge on any atom is 0.337 e. The SMILES string of the molecule is COC(=O)c1ccc2c(c1)C1(CC1c1ccc(F)cc1)C(=O)N2Cc1cccc(F)c1. The minimum atomic E-state index is -0.815. The lowest BCUT2D eigenvalue weighted by atomic mass is 9.91. The van der Waals surface area contributed by atoms with Crippen molar-refractivity contribution in [2.24, 2.45) is 0 Å². The van der Waals surface area contributed by atoms with Crippen LogP contribution in [0.25, 0.3) is 0 Å². The van der Waals surface area contributed by atoms with Crippen LogP contribution in [0.2, 0.25) is 0 Å². The van der Waals surface area contributed by atoms with Gasteiger partial charge in [-0.3, -0.25) is 4.79 Å². The van der Waals surface area contributed by atoms with Crippen LogP contribution < -0.4 is 4.90 Å². The summed E-state index contributed by atoms with van der Waals surface area (Å²) in [6, 6.07) is 17.4. The summed E-state index contributed by atoms with van der Waals surface area (Å²) >= 11 is 0. The van der Waals surface area contributed by atoms with Crippen molar-refractivity contribution in [1.29, 1.82) is 0 Å². The molecule has 0 radical (unpaired) electrons. The lowest BCUT2D eigenvalue weighted by Crippen LogP contribution is -2.32. The molecular formula is C25H19F2NO3. The van der Waals surface area contributed by atoms with Crippen molar-refractivity contribution in [3.05, 3.63) is 101 Å². The second kappa shape index (κ2) is 7.01. The van der Waals surface area contributed by atoms with Gasteiger partial charge in [0, 0.05) is 11.6 Å². The highest BCUT2D eigenvalue weighted by molar-refractivity contribution is 6.12. The molecule has 31 heavy (non-hydrogen) atoms. The van der Waals surface area contributed by atoms with E-state index < -0.39 is 11.4 Å². The second-order valence-electron chi connectivity index (χ2n) is 8.02. The minimum absolute atomic E-state index is 0.0943. The molecule has 0 saturated heterocycles. The number of methoxy groups -OCH3 is 1. The van der Waals surface area contributed by atoms with Crippen LogP contribution >= 0.6 is 0 Å². The first-order valence-corrected chi connectivity index (χ1v) is 9.99. The van der Waals surface area contributed by atoms with Gasteiger partial charge in [0.05, 0.1) is 24.6 Å². The smallest absolute Gasteiger partial charge is 0.337 e. The Bertz CT molecular complexity index is 1210. The molecule has 1 saturated carbocycles. The zero-order valence-corrected chi connectivity index (χ0v) is 16.8. The average molecular weight is 419 g/mol. The molecule has 156 valence electrons. The van der Waals surface area contributed by atoms with E-state index in [9.17, 15) is 18.4 Å². The fourth-order valence-electron chi connectivity index (χ4n) is 4.71. The number of carbonyl (C=O) groups excluding carboxylic acids is 2. The minimum Gasteiger partial charge on any atom is -0.465 e. The first-order valence-electron chi connectivity index (χ1n) is 9.99. The molecule has 0 aromatic heterocycles. The Kier molecular flexibility index (Phi) is 4.39. The molecule has 1 aliphatic heterocycles. The van der Waals surface area contributed by atoms with Crippen LogP contribution in [0.15, 0.2) is 66.7 Å². The molecular weight excluding hydrogens is 400 g/mol. The van der Waals surface area contributed by atoms with Gasteiger partial charge < -0.3 is 9.64 Å². The number of esters is 1. The maximum absolute atomic E-state index is 13.7. The van der Waals surface area contributed by atoms with Crippen molar-refractivity contribution in [2.45, 2.75) is 24.3 Å². The third kappa shape index (κ3) is 3.02. The number of halogens is 2. The number of hydrogen-bond donors (Lipinski definition) is 0. The summed E-state index contributed by atoms with van der Waals surface area (Å²) in [6.07, 6.45) is 0.564. The van der Waals surface area contributed by atoms with Gasteiger partial charge >= 0.3 is 5.97 Å². The Morgan fingerprint density at radius 3 is 2.55 bits per heavy atom. The summed E-state index contributed by atoms with van der Waals surface area (Å²) in [5.74, 6) is -1.39. The molecule has 0 bridgehead atoms. The van der Waals surface area contributed by atoms with E-state index >= 15 is 0 Å². The molecule has 0 N–H and O–H groups in total. The van der Waals surface area contributed by atoms with Crippen LogP contribution in [-0.2, 0) is 21.5 Å². The molecule has 6 heteroatoms. The summed E-state index contributed by atoms with van der Waals surface area (Å²) in [5, 5.41) is 0. The molecule has 2 unspecified atom stereocenters. The van der Waals surface area contributed by atoms with E-state index in [0.29, 0.717) is 23.2 Å². The van der Waals surface area contributed by atoms with Crippen molar-refractivity contribution in [3.63, 3.8) is 0 Å². The van der Waals surface area contributed by atoms with Gasteiger partial charge in [-0.05, 0) is 65.6 Å². The van der Waals surface area contributed by atoms with Crippen LogP contribution in [0.1, 0.15) is 39.4 Å². The first kappa shape index (κ1) is 19.4. The number of benzene rings is 3. The molecule has 1 spiro atoms. The molecule has 5 rings (SSSR count). The van der Waals surface area contributed by atoms with Gasteiger partial charge in [0.1, 0.15) is 11.6 Å². The van der Waals surface area contributed by atoms with E-state index in [1.165, 1.54) is 31.4 Å². The lowest BCUT2D eigenvalue weighted by molar-refractivity contribution is -0.120. The largest absolute Gasteiger partial charge is 0.465 e. The van der Waals surface area contributed by atoms with Crippen molar-refractivity contribution < 1.29 is 23.1 Å². The Balaban J connectivity index is 1.59. The van der Waals surface area contributed by atoms with Crippen molar-refractivity contribution in [2.75, 3.05) is 12.0 Å². The van der Waals surface area contributed by atoms with Crippen molar-refractivity contribution in [3.8, 4) is 0 Å². The number of rotatable bonds is 4. The van der Waals surface area contributed by atoms with Crippen LogP contribution in [-0.4, -0.2) is 19.0 Å². The fourth-order valence-corrected chi connectivity index (χ4v) is 4.71. The summed E-state index contributed by atoms with van der Waals surface area (Å²) in [6.45, 7) is 0.221. The van der Waals surface area contributed by atoms with Crippen LogP contribution in [0.5, 0.6) is 0 Å². The van der Waals surface area contributed by atoms with Gasteiger partial charge in [-0.2, -0.15) is 0 Å². The predicted molar refractivity (Wildman–Crippen MR) is 111 cm³/mol. The van der Waals surface area contributed by atoms with Crippen LogP contribution in [0.4, 0.5) is 14.5 Å². The Morgan fingerprint density at radius 1 is 1.06 bits per heavy atom. The molecule has 1 heterocycles. The van der Waals surface area contributed by atoms with E-state index in [1.807, 2.05) is 0 Å². The third-order valence-corrected chi connectivity index (χ3v) is 6.28. The molecule has 2 aliphatic rings. The number of ether oxygens (including phenoxy) is 1. The normalized spacial score (nSPS) is 21.3. The van der Waals surface area contributed by atoms with Gasteiger partial charge in [0.2, 0.25) is 5.91 Å². The number of amides is 1. The summed E-state index contributed by atoms with van der Waals surface area (Å²) < 4.78 is 32.0. The van der Waals surface area contributed by atoms with Crippen LogP contribution in [0, 0.1) is 11.6 Å². The standard InChI is InChI=1S/C25H19F2NO3/c1-31-23(29)17-7-10-22-20(12-17)25(13-21(25)16-5-8-18(26)9-6-16)24(30)28(22)14-15-3-2-4-19(27)11-15/h2-12,21H,13-14H2,1H3. The van der Waals surface area contributed by atoms with Gasteiger partial charge in [-0.25, -0.2) is 13.6 Å². The quantitative estimate of drug-likeness (QED) is 0.575. The second-order valence-corrected chi connectivity index (χ2v) is 8.02. The molecule has 1 aliphatic carbocycles. The Labute approximate surface area is 178 Å². The average Bonchev–Trinajstić information content (AvgIpc) is 3.49. The topological polar surface area (TPSA) is 46.6 Å². The molecule has 1 amide bonds. The Hall–Kier alpha value is -3.54. The zero-order valence-electron chi connectivity index (χ0n) is 16.8. The lowest BCUT2D eigenvalue weighted by Gasteiger charge is -2.18. The molecule has 1 fully saturated rings. The van der Waals surface area contributed by atoms with Gasteiger partial charge in [-0.1, -0.05) is 24.3 Å². The number of hydrogen-bond acceptors (Lipinski definition) is 3. The highest BCUT2D eigenvalue weighted by atomic mass is 19.1. The summed E-state index contributed by atoms with van der Waals surface area (Å²) in [7, 11) is 1.31. The summed E-state index contributed by atoms with van der Waals surface area (Å²) in [5.41, 5.74) is 2.55. The molecule has 3 aromatic carbocycles. The highest BCUT2D eigenvalue weighted by Crippen LogP contribution is 2.66. The number of nitrogens with zero attached hydrogens (tertiary/aromatic N) is 1. The molecule has 3 aromatic rings. The Morgan fingerprint density at radius 2 is 1.84 bits per heavy atom. The van der Waals surface area contributed by atoms with E-state index in [1.54, 1.807) is 47.4 Å². The summed E-state index contributed by atoms with van der Waals surface area (Å²) in [4.78, 5) is 27.4. The third-order valence-electron chi connectivity index (χ3n) is 6.28.